The summed E-state index contributed by atoms with van der Waals surface area (Å²) in [6, 6.07) is 2.87. The third-order valence-electron chi connectivity index (χ3n) is 2.07. The van der Waals surface area contributed by atoms with Crippen LogP contribution < -0.4 is 4.68 Å². The van der Waals surface area contributed by atoms with Crippen LogP contribution in [0.1, 0.15) is 5.82 Å². The minimum absolute atomic E-state index is 0.183. The average molecular weight is 248 g/mol. The molecule has 6 nitrogen and oxygen atoms in total. The predicted molar refractivity (Wildman–Crippen MR) is 51.9 cm³/mol. The number of aryl methyl sites for hydroxylation is 2. The Morgan fingerprint density at radius 3 is 2.73 bits per heavy atom. The van der Waals surface area contributed by atoms with E-state index in [0.29, 0.717) is 11.5 Å². The third kappa shape index (κ3) is 1.68. The fraction of sp³-hybridized carbons (Fsp3) is 0.286. The summed E-state index contributed by atoms with van der Waals surface area (Å²) in [5.74, 6) is 0.715. The van der Waals surface area contributed by atoms with Gasteiger partial charge in [0.2, 0.25) is 5.03 Å². The summed E-state index contributed by atoms with van der Waals surface area (Å²) in [5.41, 5.74) is 0.569. The Kier molecular flexibility index (Phi) is 2.16. The number of fused-ring (bicyclic) bond motifs is 1. The fourth-order valence-electron chi connectivity index (χ4n) is 1.21. The molecule has 80 valence electrons. The van der Waals surface area contributed by atoms with Crippen molar-refractivity contribution in [2.24, 2.45) is 7.05 Å². The van der Waals surface area contributed by atoms with E-state index in [1.165, 1.54) is 10.6 Å². The van der Waals surface area contributed by atoms with Gasteiger partial charge in [-0.1, -0.05) is 9.61 Å². The van der Waals surface area contributed by atoms with E-state index in [-0.39, 0.29) is 5.03 Å². The second-order valence-electron chi connectivity index (χ2n) is 3.05. The first kappa shape index (κ1) is 10.3. The Morgan fingerprint density at radius 2 is 2.13 bits per heavy atom. The number of rotatable bonds is 1. The summed E-state index contributed by atoms with van der Waals surface area (Å²) in [5, 5.41) is 7.81. The lowest BCUT2D eigenvalue weighted by Gasteiger charge is -1.91. The normalized spacial score (nSPS) is 12.2. The molecule has 0 unspecified atom stereocenters. The maximum absolute atomic E-state index is 11.1. The van der Waals surface area contributed by atoms with Gasteiger partial charge in [0.15, 0.2) is 0 Å². The van der Waals surface area contributed by atoms with Gasteiger partial charge >= 0.3 is 5.82 Å². The van der Waals surface area contributed by atoms with Gasteiger partial charge in [-0.15, -0.1) is 4.68 Å². The Bertz CT molecular complexity index is 634. The Labute approximate surface area is 90.5 Å². The highest BCUT2D eigenvalue weighted by Gasteiger charge is 2.19. The van der Waals surface area contributed by atoms with E-state index in [4.69, 9.17) is 10.7 Å². The topological polar surface area (TPSA) is 68.2 Å². The zero-order valence-electron chi connectivity index (χ0n) is 8.05. The van der Waals surface area contributed by atoms with Crippen LogP contribution in [0.15, 0.2) is 17.2 Å². The highest BCUT2D eigenvalue weighted by molar-refractivity contribution is 8.13. The van der Waals surface area contributed by atoms with Crippen LogP contribution in [-0.2, 0) is 16.1 Å². The van der Waals surface area contributed by atoms with Crippen molar-refractivity contribution in [1.82, 2.24) is 14.7 Å². The van der Waals surface area contributed by atoms with E-state index >= 15 is 0 Å². The van der Waals surface area contributed by atoms with Crippen molar-refractivity contribution in [3.05, 3.63) is 18.0 Å². The van der Waals surface area contributed by atoms with Crippen LogP contribution in [0.25, 0.3) is 5.65 Å². The molecule has 2 heterocycles. The lowest BCUT2D eigenvalue weighted by atomic mass is 10.5. The number of aromatic nitrogens is 4. The van der Waals surface area contributed by atoms with Gasteiger partial charge in [0, 0.05) is 23.7 Å². The van der Waals surface area contributed by atoms with Gasteiger partial charge in [-0.2, -0.15) is 0 Å². The van der Waals surface area contributed by atoms with Crippen molar-refractivity contribution >= 4 is 25.4 Å². The molecule has 2 rings (SSSR count). The third-order valence-corrected chi connectivity index (χ3v) is 3.26. The molecule has 0 radical (unpaired) electrons. The second kappa shape index (κ2) is 3.14. The molecule has 0 N–H and O–H groups in total. The molecule has 0 aromatic carbocycles. The maximum Gasteiger partial charge on any atom is 0.301 e. The predicted octanol–water partition coefficient (Wildman–Crippen LogP) is -0.210. The van der Waals surface area contributed by atoms with Crippen LogP contribution in [0.4, 0.5) is 0 Å². The van der Waals surface area contributed by atoms with E-state index in [1.54, 1.807) is 24.7 Å². The highest BCUT2D eigenvalue weighted by Crippen LogP contribution is 2.11. The van der Waals surface area contributed by atoms with E-state index in [2.05, 4.69) is 10.2 Å². The molecule has 0 aliphatic rings. The smallest absolute Gasteiger partial charge is 0.205 e. The van der Waals surface area contributed by atoms with Crippen molar-refractivity contribution < 1.29 is 13.1 Å². The molecule has 0 spiro atoms. The van der Waals surface area contributed by atoms with Gasteiger partial charge in [0.05, 0.1) is 0 Å². The van der Waals surface area contributed by atoms with Crippen molar-refractivity contribution in [1.29, 1.82) is 0 Å². The molecular weight excluding hydrogens is 240 g/mol. The minimum atomic E-state index is -3.80. The molecule has 0 atom stereocenters. The number of hydrogen-bond donors (Lipinski definition) is 0. The van der Waals surface area contributed by atoms with Gasteiger partial charge in [0.1, 0.15) is 7.05 Å². The van der Waals surface area contributed by atoms with Gasteiger partial charge in [0.25, 0.3) is 14.7 Å². The first-order chi connectivity index (χ1) is 6.89. The molecule has 0 aliphatic carbocycles. The molecule has 0 saturated carbocycles. The first-order valence-electron chi connectivity index (χ1n) is 4.07. The molecule has 2 aromatic heterocycles. The molecule has 2 aromatic rings. The molecule has 0 aliphatic heterocycles. The zero-order chi connectivity index (χ0) is 11.2. The lowest BCUT2D eigenvalue weighted by molar-refractivity contribution is -0.732. The van der Waals surface area contributed by atoms with E-state index in [9.17, 15) is 8.42 Å². The standard InChI is InChI=1S/C7H8ClN4O2S/c1-5-11(2)9-6-3-4-7(10-12(5)6)15(8,13)14/h3-4H,1-2H3/q+1. The monoisotopic (exact) mass is 247 g/mol. The largest absolute Gasteiger partial charge is 0.301 e. The highest BCUT2D eigenvalue weighted by atomic mass is 35.7. The Balaban J connectivity index is 2.81. The second-order valence-corrected chi connectivity index (χ2v) is 5.56. The van der Waals surface area contributed by atoms with Gasteiger partial charge in [-0.05, 0) is 11.2 Å². The molecule has 15 heavy (non-hydrogen) atoms. The molecule has 0 saturated heterocycles. The van der Waals surface area contributed by atoms with E-state index in [0.717, 1.165) is 0 Å². The number of nitrogens with zero attached hydrogens (tertiary/aromatic N) is 4. The lowest BCUT2D eigenvalue weighted by Crippen LogP contribution is -2.33. The van der Waals surface area contributed by atoms with Crippen LogP contribution in [-0.4, -0.2) is 23.1 Å². The number of halogens is 1. The fourth-order valence-corrected chi connectivity index (χ4v) is 1.86. The first-order valence-corrected chi connectivity index (χ1v) is 6.38. The van der Waals surface area contributed by atoms with Crippen LogP contribution >= 0.6 is 10.7 Å². The Hall–Kier alpha value is -1.21. The van der Waals surface area contributed by atoms with E-state index < -0.39 is 9.05 Å². The number of hydrogen-bond acceptors (Lipinski definition) is 4. The minimum Gasteiger partial charge on any atom is -0.205 e. The summed E-state index contributed by atoms with van der Waals surface area (Å²) in [6.07, 6.45) is 0. The van der Waals surface area contributed by atoms with Gasteiger partial charge < -0.3 is 0 Å². The van der Waals surface area contributed by atoms with Gasteiger partial charge in [-0.25, -0.2) is 8.42 Å². The molecule has 0 bridgehead atoms. The van der Waals surface area contributed by atoms with Crippen molar-refractivity contribution in [2.75, 3.05) is 0 Å². The summed E-state index contributed by atoms with van der Waals surface area (Å²) in [7, 11) is 3.14. The van der Waals surface area contributed by atoms with Gasteiger partial charge in [-0.3, -0.25) is 0 Å². The average Bonchev–Trinajstić information content (AvgIpc) is 2.41. The van der Waals surface area contributed by atoms with Crippen molar-refractivity contribution in [2.45, 2.75) is 11.9 Å². The van der Waals surface area contributed by atoms with Crippen LogP contribution in [0.2, 0.25) is 0 Å². The van der Waals surface area contributed by atoms with Crippen molar-refractivity contribution in [3.8, 4) is 0 Å². The summed E-state index contributed by atoms with van der Waals surface area (Å²) < 4.78 is 25.1. The summed E-state index contributed by atoms with van der Waals surface area (Å²) in [4.78, 5) is 0. The quantitative estimate of drug-likeness (QED) is 0.517. The SMILES string of the molecule is Cc1n2nc(S(=O)(=O)Cl)ccc2n[n+]1C. The van der Waals surface area contributed by atoms with E-state index in [1.807, 2.05) is 0 Å². The molecule has 0 fully saturated rings. The van der Waals surface area contributed by atoms with Crippen molar-refractivity contribution in [3.63, 3.8) is 0 Å². The summed E-state index contributed by atoms with van der Waals surface area (Å²) in [6.45, 7) is 1.78. The van der Waals surface area contributed by atoms with Crippen LogP contribution in [0, 0.1) is 6.92 Å². The molecule has 0 amide bonds. The molecule has 8 heteroatoms. The van der Waals surface area contributed by atoms with Crippen LogP contribution in [0.5, 0.6) is 0 Å². The van der Waals surface area contributed by atoms with Crippen LogP contribution in [0.3, 0.4) is 0 Å². The Morgan fingerprint density at radius 1 is 1.47 bits per heavy atom. The maximum atomic E-state index is 11.1. The zero-order valence-corrected chi connectivity index (χ0v) is 9.62. The summed E-state index contributed by atoms with van der Waals surface area (Å²) >= 11 is 0. The molecular formula is C7H8ClN4O2S+.